The molecular weight excluding hydrogens is 280 g/mol. The molecule has 0 amide bonds. The number of nitrogen functional groups attached to an aromatic ring is 1. The number of hydrogen-bond donors (Lipinski definition) is 2. The van der Waals surface area contributed by atoms with Gasteiger partial charge in [0.15, 0.2) is 0 Å². The predicted molar refractivity (Wildman–Crippen MR) is 75.4 cm³/mol. The van der Waals surface area contributed by atoms with Crippen molar-refractivity contribution in [1.82, 2.24) is 0 Å². The van der Waals surface area contributed by atoms with Crippen LogP contribution in [0.3, 0.4) is 0 Å². The van der Waals surface area contributed by atoms with E-state index in [1.807, 2.05) is 13.0 Å². The zero-order valence-corrected chi connectivity index (χ0v) is 11.9. The Bertz CT molecular complexity index is 409. The molecular formula is C13H19BrN2O. The van der Waals surface area contributed by atoms with Crippen LogP contribution >= 0.6 is 15.9 Å². The van der Waals surface area contributed by atoms with E-state index in [4.69, 9.17) is 10.5 Å². The van der Waals surface area contributed by atoms with Gasteiger partial charge < -0.3 is 15.8 Å². The molecule has 2 unspecified atom stereocenters. The van der Waals surface area contributed by atoms with Crippen molar-refractivity contribution in [3.05, 3.63) is 22.2 Å². The lowest BCUT2D eigenvalue weighted by Crippen LogP contribution is -2.29. The SMILES string of the molecule is COC1CCCC1Nc1cc(C)c(N)cc1Br. The van der Waals surface area contributed by atoms with Crippen LogP contribution in [0.25, 0.3) is 0 Å². The van der Waals surface area contributed by atoms with Gasteiger partial charge in [-0.05, 0) is 59.8 Å². The number of halogens is 1. The van der Waals surface area contributed by atoms with Gasteiger partial charge in [-0.1, -0.05) is 0 Å². The number of rotatable bonds is 3. The minimum absolute atomic E-state index is 0.319. The highest BCUT2D eigenvalue weighted by Crippen LogP contribution is 2.31. The number of ether oxygens (including phenoxy) is 1. The molecule has 1 fully saturated rings. The molecule has 17 heavy (non-hydrogen) atoms. The molecule has 2 atom stereocenters. The fourth-order valence-corrected chi connectivity index (χ4v) is 2.86. The zero-order valence-electron chi connectivity index (χ0n) is 10.3. The number of hydrogen-bond acceptors (Lipinski definition) is 3. The Balaban J connectivity index is 2.15. The van der Waals surface area contributed by atoms with E-state index in [-0.39, 0.29) is 0 Å². The second-order valence-electron chi connectivity index (χ2n) is 4.64. The summed E-state index contributed by atoms with van der Waals surface area (Å²) in [5.41, 5.74) is 8.89. The van der Waals surface area contributed by atoms with Crippen molar-refractivity contribution in [2.45, 2.75) is 38.3 Å². The third-order valence-corrected chi connectivity index (χ3v) is 4.11. The molecule has 3 N–H and O–H groups in total. The molecule has 0 spiro atoms. The Morgan fingerprint density at radius 2 is 2.18 bits per heavy atom. The quantitative estimate of drug-likeness (QED) is 0.842. The van der Waals surface area contributed by atoms with Crippen LogP contribution in [0.2, 0.25) is 0 Å². The summed E-state index contributed by atoms with van der Waals surface area (Å²) in [4.78, 5) is 0. The van der Waals surface area contributed by atoms with Crippen molar-refractivity contribution in [1.29, 1.82) is 0 Å². The fraction of sp³-hybridized carbons (Fsp3) is 0.538. The van der Waals surface area contributed by atoms with Crippen molar-refractivity contribution in [3.8, 4) is 0 Å². The Hall–Kier alpha value is -0.740. The smallest absolute Gasteiger partial charge is 0.0772 e. The van der Waals surface area contributed by atoms with Crippen LogP contribution in [0.4, 0.5) is 11.4 Å². The van der Waals surface area contributed by atoms with Gasteiger partial charge >= 0.3 is 0 Å². The first-order valence-electron chi connectivity index (χ1n) is 5.96. The molecule has 4 heteroatoms. The molecule has 0 radical (unpaired) electrons. The third-order valence-electron chi connectivity index (χ3n) is 3.45. The Morgan fingerprint density at radius 1 is 1.41 bits per heavy atom. The van der Waals surface area contributed by atoms with Crippen LogP contribution < -0.4 is 11.1 Å². The maximum atomic E-state index is 5.87. The minimum atomic E-state index is 0.319. The summed E-state index contributed by atoms with van der Waals surface area (Å²) < 4.78 is 6.50. The van der Waals surface area contributed by atoms with E-state index in [0.29, 0.717) is 12.1 Å². The van der Waals surface area contributed by atoms with E-state index in [1.165, 1.54) is 6.42 Å². The number of methoxy groups -OCH3 is 1. The Morgan fingerprint density at radius 3 is 2.88 bits per heavy atom. The lowest BCUT2D eigenvalue weighted by Gasteiger charge is -2.22. The summed E-state index contributed by atoms with van der Waals surface area (Å²) in [6, 6.07) is 4.44. The van der Waals surface area contributed by atoms with Gasteiger partial charge in [0, 0.05) is 23.0 Å². The summed E-state index contributed by atoms with van der Waals surface area (Å²) in [7, 11) is 1.79. The normalized spacial score (nSPS) is 23.9. The summed E-state index contributed by atoms with van der Waals surface area (Å²) in [6.45, 7) is 2.02. The van der Waals surface area contributed by atoms with Crippen molar-refractivity contribution in [2.75, 3.05) is 18.2 Å². The molecule has 1 aliphatic carbocycles. The summed E-state index contributed by atoms with van der Waals surface area (Å²) in [5, 5.41) is 3.55. The standard InChI is InChI=1S/C13H19BrN2O/c1-8-6-12(9(14)7-10(8)15)16-11-4-3-5-13(11)17-2/h6-7,11,13,16H,3-5,15H2,1-2H3. The van der Waals surface area contributed by atoms with Crippen LogP contribution in [0.15, 0.2) is 16.6 Å². The van der Waals surface area contributed by atoms with Gasteiger partial charge in [-0.3, -0.25) is 0 Å². The number of benzene rings is 1. The van der Waals surface area contributed by atoms with Crippen LogP contribution in [0.1, 0.15) is 24.8 Å². The number of nitrogens with one attached hydrogen (secondary N) is 1. The van der Waals surface area contributed by atoms with Crippen molar-refractivity contribution < 1.29 is 4.74 Å². The molecule has 2 rings (SSSR count). The second-order valence-corrected chi connectivity index (χ2v) is 5.50. The van der Waals surface area contributed by atoms with Gasteiger partial charge in [-0.25, -0.2) is 0 Å². The van der Waals surface area contributed by atoms with Gasteiger partial charge in [0.05, 0.1) is 12.1 Å². The van der Waals surface area contributed by atoms with Gasteiger partial charge in [0.2, 0.25) is 0 Å². The molecule has 3 nitrogen and oxygen atoms in total. The molecule has 1 aromatic carbocycles. The average Bonchev–Trinajstić information content (AvgIpc) is 2.73. The molecule has 0 aromatic heterocycles. The summed E-state index contributed by atoms with van der Waals surface area (Å²) in [5.74, 6) is 0. The van der Waals surface area contributed by atoms with Gasteiger partial charge in [0.1, 0.15) is 0 Å². The topological polar surface area (TPSA) is 47.3 Å². The minimum Gasteiger partial charge on any atom is -0.398 e. The van der Waals surface area contributed by atoms with Crippen molar-refractivity contribution >= 4 is 27.3 Å². The number of aryl methyl sites for hydroxylation is 1. The predicted octanol–water partition coefficient (Wildman–Crippen LogP) is 3.32. The number of anilines is 2. The highest BCUT2D eigenvalue weighted by Gasteiger charge is 2.27. The zero-order chi connectivity index (χ0) is 12.4. The van der Waals surface area contributed by atoms with E-state index < -0.39 is 0 Å². The van der Waals surface area contributed by atoms with Gasteiger partial charge in [0.25, 0.3) is 0 Å². The van der Waals surface area contributed by atoms with Crippen LogP contribution in [-0.2, 0) is 4.74 Å². The number of nitrogens with two attached hydrogens (primary N) is 1. The lowest BCUT2D eigenvalue weighted by atomic mass is 10.1. The van der Waals surface area contributed by atoms with E-state index in [0.717, 1.165) is 34.3 Å². The molecule has 94 valence electrons. The van der Waals surface area contributed by atoms with Crippen LogP contribution in [-0.4, -0.2) is 19.3 Å². The van der Waals surface area contributed by atoms with E-state index in [9.17, 15) is 0 Å². The van der Waals surface area contributed by atoms with Gasteiger partial charge in [-0.15, -0.1) is 0 Å². The van der Waals surface area contributed by atoms with Crippen molar-refractivity contribution in [2.24, 2.45) is 0 Å². The molecule has 1 saturated carbocycles. The molecule has 0 bridgehead atoms. The lowest BCUT2D eigenvalue weighted by molar-refractivity contribution is 0.101. The first-order chi connectivity index (χ1) is 8.11. The maximum Gasteiger partial charge on any atom is 0.0772 e. The third kappa shape index (κ3) is 2.75. The Kier molecular flexibility index (Phi) is 3.94. The van der Waals surface area contributed by atoms with Crippen LogP contribution in [0, 0.1) is 6.92 Å². The highest BCUT2D eigenvalue weighted by atomic mass is 79.9. The monoisotopic (exact) mass is 298 g/mol. The molecule has 1 aliphatic rings. The van der Waals surface area contributed by atoms with Gasteiger partial charge in [-0.2, -0.15) is 0 Å². The second kappa shape index (κ2) is 5.27. The fourth-order valence-electron chi connectivity index (χ4n) is 2.38. The molecule has 1 aromatic rings. The summed E-state index contributed by atoms with van der Waals surface area (Å²) in [6.07, 6.45) is 3.84. The molecule has 0 aliphatic heterocycles. The summed E-state index contributed by atoms with van der Waals surface area (Å²) >= 11 is 3.55. The van der Waals surface area contributed by atoms with E-state index in [1.54, 1.807) is 7.11 Å². The van der Waals surface area contributed by atoms with Crippen molar-refractivity contribution in [3.63, 3.8) is 0 Å². The maximum absolute atomic E-state index is 5.87. The van der Waals surface area contributed by atoms with Crippen LogP contribution in [0.5, 0.6) is 0 Å². The molecule has 0 saturated heterocycles. The first-order valence-corrected chi connectivity index (χ1v) is 6.76. The molecule has 0 heterocycles. The Labute approximate surface area is 111 Å². The average molecular weight is 299 g/mol. The highest BCUT2D eigenvalue weighted by molar-refractivity contribution is 9.10. The largest absolute Gasteiger partial charge is 0.398 e. The van der Waals surface area contributed by atoms with E-state index in [2.05, 4.69) is 27.3 Å². The first kappa shape index (κ1) is 12.7. The van der Waals surface area contributed by atoms with E-state index >= 15 is 0 Å².